The lowest BCUT2D eigenvalue weighted by Gasteiger charge is -2.02. The summed E-state index contributed by atoms with van der Waals surface area (Å²) in [6.45, 7) is 0. The van der Waals surface area contributed by atoms with Crippen molar-refractivity contribution in [1.29, 1.82) is 0 Å². The zero-order valence-corrected chi connectivity index (χ0v) is 11.6. The summed E-state index contributed by atoms with van der Waals surface area (Å²) in [6.07, 6.45) is 3.23. The Bertz CT molecular complexity index is 842. The van der Waals surface area contributed by atoms with Crippen molar-refractivity contribution in [3.63, 3.8) is 0 Å². The summed E-state index contributed by atoms with van der Waals surface area (Å²) >= 11 is 0. The van der Waals surface area contributed by atoms with Crippen LogP contribution in [0.3, 0.4) is 0 Å². The highest BCUT2D eigenvalue weighted by molar-refractivity contribution is 5.98. The van der Waals surface area contributed by atoms with Crippen molar-refractivity contribution in [3.05, 3.63) is 71.9 Å². The van der Waals surface area contributed by atoms with Crippen LogP contribution in [0.2, 0.25) is 0 Å². The molecule has 0 aliphatic carbocycles. The van der Waals surface area contributed by atoms with E-state index in [9.17, 15) is 9.90 Å². The number of nitrogens with zero attached hydrogens (tertiary/aromatic N) is 2. The van der Waals surface area contributed by atoms with E-state index in [-0.39, 0.29) is 11.7 Å². The van der Waals surface area contributed by atoms with E-state index in [0.29, 0.717) is 5.56 Å². The van der Waals surface area contributed by atoms with Crippen LogP contribution in [-0.4, -0.2) is 22.2 Å². The molecule has 0 fully saturated rings. The fraction of sp³-hybridized carbons (Fsp3) is 0. The van der Waals surface area contributed by atoms with Crippen LogP contribution in [0.25, 0.3) is 10.9 Å². The van der Waals surface area contributed by atoms with Gasteiger partial charge in [0.25, 0.3) is 5.91 Å². The van der Waals surface area contributed by atoms with Crippen molar-refractivity contribution in [2.45, 2.75) is 0 Å². The van der Waals surface area contributed by atoms with Crippen LogP contribution in [0, 0.1) is 0 Å². The molecule has 1 amide bonds. The highest BCUT2D eigenvalue weighted by atomic mass is 16.3. The van der Waals surface area contributed by atoms with Gasteiger partial charge >= 0.3 is 0 Å². The minimum absolute atomic E-state index is 0.186. The van der Waals surface area contributed by atoms with E-state index in [1.54, 1.807) is 48.7 Å². The number of benzene rings is 2. The molecule has 0 aliphatic heterocycles. The van der Waals surface area contributed by atoms with Crippen molar-refractivity contribution < 1.29 is 9.90 Å². The molecule has 0 atom stereocenters. The summed E-state index contributed by atoms with van der Waals surface area (Å²) in [6, 6.07) is 15.5. The predicted octanol–water partition coefficient (Wildman–Crippen LogP) is 2.70. The quantitative estimate of drug-likeness (QED) is 0.575. The minimum atomic E-state index is -0.291. The van der Waals surface area contributed by atoms with Gasteiger partial charge in [0.2, 0.25) is 0 Å². The molecule has 3 aromatic rings. The molecule has 108 valence electrons. The van der Waals surface area contributed by atoms with E-state index < -0.39 is 0 Å². The average molecular weight is 291 g/mol. The van der Waals surface area contributed by atoms with Crippen LogP contribution in [0.1, 0.15) is 15.9 Å². The summed E-state index contributed by atoms with van der Waals surface area (Å²) in [4.78, 5) is 16.3. The molecule has 0 spiro atoms. The number of phenolic OH excluding ortho intramolecular Hbond substituents is 1. The second-order valence-corrected chi connectivity index (χ2v) is 4.70. The zero-order chi connectivity index (χ0) is 15.4. The number of aromatic hydroxyl groups is 1. The average Bonchev–Trinajstić information content (AvgIpc) is 2.56. The van der Waals surface area contributed by atoms with E-state index in [2.05, 4.69) is 15.5 Å². The van der Waals surface area contributed by atoms with Crippen molar-refractivity contribution in [1.82, 2.24) is 10.4 Å². The molecule has 22 heavy (non-hydrogen) atoms. The van der Waals surface area contributed by atoms with E-state index in [1.807, 2.05) is 12.1 Å². The standard InChI is InChI=1S/C17H13N3O2/c21-15-6-3-12(4-7-15)11-19-20-17(22)14-5-8-16-13(10-14)2-1-9-18-16/h1-11,21H,(H,20,22)/b19-11-. The molecule has 0 saturated carbocycles. The monoisotopic (exact) mass is 291 g/mol. The Kier molecular flexibility index (Phi) is 3.78. The Labute approximate surface area is 126 Å². The number of fused-ring (bicyclic) bond motifs is 1. The van der Waals surface area contributed by atoms with E-state index in [0.717, 1.165) is 16.5 Å². The van der Waals surface area contributed by atoms with Gasteiger partial charge in [-0.15, -0.1) is 0 Å². The molecule has 0 unspecified atom stereocenters. The highest BCUT2D eigenvalue weighted by Crippen LogP contribution is 2.13. The maximum absolute atomic E-state index is 12.0. The topological polar surface area (TPSA) is 74.6 Å². The number of aromatic nitrogens is 1. The number of rotatable bonds is 3. The number of nitrogens with one attached hydrogen (secondary N) is 1. The lowest BCUT2D eigenvalue weighted by atomic mass is 10.1. The number of hydrazone groups is 1. The highest BCUT2D eigenvalue weighted by Gasteiger charge is 2.05. The molecule has 5 heteroatoms. The Balaban J connectivity index is 1.71. The van der Waals surface area contributed by atoms with E-state index >= 15 is 0 Å². The summed E-state index contributed by atoms with van der Waals surface area (Å²) in [7, 11) is 0. The zero-order valence-electron chi connectivity index (χ0n) is 11.6. The lowest BCUT2D eigenvalue weighted by Crippen LogP contribution is -2.17. The Morgan fingerprint density at radius 3 is 2.77 bits per heavy atom. The molecule has 0 aliphatic rings. The smallest absolute Gasteiger partial charge is 0.271 e. The van der Waals surface area contributed by atoms with Gasteiger partial charge in [-0.05, 0) is 54.1 Å². The van der Waals surface area contributed by atoms with Gasteiger partial charge in [0.05, 0.1) is 11.7 Å². The first-order valence-electron chi connectivity index (χ1n) is 6.69. The first-order chi connectivity index (χ1) is 10.7. The van der Waals surface area contributed by atoms with Crippen molar-refractivity contribution in [3.8, 4) is 5.75 Å². The molecule has 0 bridgehead atoms. The van der Waals surface area contributed by atoms with E-state index in [4.69, 9.17) is 0 Å². The number of hydrogen-bond acceptors (Lipinski definition) is 4. The molecule has 0 saturated heterocycles. The van der Waals surface area contributed by atoms with Gasteiger partial charge in [-0.2, -0.15) is 5.10 Å². The summed E-state index contributed by atoms with van der Waals surface area (Å²) in [5, 5.41) is 14.0. The fourth-order valence-electron chi connectivity index (χ4n) is 2.01. The van der Waals surface area contributed by atoms with Crippen LogP contribution >= 0.6 is 0 Å². The summed E-state index contributed by atoms with van der Waals surface area (Å²) in [5.74, 6) is -0.105. The molecular formula is C17H13N3O2. The number of phenols is 1. The van der Waals surface area contributed by atoms with Gasteiger partial charge in [-0.1, -0.05) is 6.07 Å². The van der Waals surface area contributed by atoms with Gasteiger partial charge in [-0.3, -0.25) is 9.78 Å². The van der Waals surface area contributed by atoms with Crippen LogP contribution in [0.15, 0.2) is 65.9 Å². The Morgan fingerprint density at radius 1 is 1.14 bits per heavy atom. The largest absolute Gasteiger partial charge is 0.508 e. The second kappa shape index (κ2) is 6.05. The van der Waals surface area contributed by atoms with Gasteiger partial charge < -0.3 is 5.11 Å². The SMILES string of the molecule is O=C(N/N=C\c1ccc(O)cc1)c1ccc2ncccc2c1. The normalized spacial score (nSPS) is 10.9. The maximum Gasteiger partial charge on any atom is 0.271 e. The lowest BCUT2D eigenvalue weighted by molar-refractivity contribution is 0.0955. The van der Waals surface area contributed by atoms with Gasteiger partial charge in [0, 0.05) is 17.1 Å². The number of carbonyl (C=O) groups excluding carboxylic acids is 1. The number of pyridine rings is 1. The molecule has 0 radical (unpaired) electrons. The predicted molar refractivity (Wildman–Crippen MR) is 84.9 cm³/mol. The Hall–Kier alpha value is -3.21. The number of amides is 1. The van der Waals surface area contributed by atoms with Gasteiger partial charge in [0.15, 0.2) is 0 Å². The van der Waals surface area contributed by atoms with Crippen molar-refractivity contribution in [2.75, 3.05) is 0 Å². The van der Waals surface area contributed by atoms with Crippen LogP contribution < -0.4 is 5.43 Å². The first-order valence-corrected chi connectivity index (χ1v) is 6.69. The Morgan fingerprint density at radius 2 is 1.95 bits per heavy atom. The number of hydrogen-bond donors (Lipinski definition) is 2. The third-order valence-electron chi connectivity index (χ3n) is 3.14. The summed E-state index contributed by atoms with van der Waals surface area (Å²) in [5.41, 5.74) is 4.61. The number of carbonyl (C=O) groups is 1. The van der Waals surface area contributed by atoms with Gasteiger partial charge in [0.1, 0.15) is 5.75 Å². The van der Waals surface area contributed by atoms with Crippen LogP contribution in [0.5, 0.6) is 5.75 Å². The molecule has 2 aromatic carbocycles. The van der Waals surface area contributed by atoms with Crippen molar-refractivity contribution in [2.24, 2.45) is 5.10 Å². The minimum Gasteiger partial charge on any atom is -0.508 e. The molecule has 1 heterocycles. The van der Waals surface area contributed by atoms with Gasteiger partial charge in [-0.25, -0.2) is 5.43 Å². The first kappa shape index (κ1) is 13.8. The van der Waals surface area contributed by atoms with E-state index in [1.165, 1.54) is 6.21 Å². The second-order valence-electron chi connectivity index (χ2n) is 4.70. The molecule has 1 aromatic heterocycles. The third-order valence-corrected chi connectivity index (χ3v) is 3.14. The molecule has 3 rings (SSSR count). The maximum atomic E-state index is 12.0. The molecule has 2 N–H and O–H groups in total. The summed E-state index contributed by atoms with van der Waals surface area (Å²) < 4.78 is 0. The van der Waals surface area contributed by atoms with Crippen LogP contribution in [0.4, 0.5) is 0 Å². The molecule has 5 nitrogen and oxygen atoms in total. The molecular weight excluding hydrogens is 278 g/mol. The third kappa shape index (κ3) is 3.09. The fourth-order valence-corrected chi connectivity index (χ4v) is 2.01. The van der Waals surface area contributed by atoms with Crippen molar-refractivity contribution >= 4 is 23.0 Å². The van der Waals surface area contributed by atoms with Crippen LogP contribution in [-0.2, 0) is 0 Å².